The van der Waals surface area contributed by atoms with E-state index in [4.69, 9.17) is 0 Å². The second kappa shape index (κ2) is 7.52. The van der Waals surface area contributed by atoms with Crippen LogP contribution in [0, 0.1) is 0 Å². The molecule has 0 spiro atoms. The smallest absolute Gasteiger partial charge is 0.139 e. The van der Waals surface area contributed by atoms with Gasteiger partial charge < -0.3 is 9.80 Å². The summed E-state index contributed by atoms with van der Waals surface area (Å²) in [5, 5.41) is 5.36. The van der Waals surface area contributed by atoms with Gasteiger partial charge in [-0.2, -0.15) is 5.10 Å². The van der Waals surface area contributed by atoms with Gasteiger partial charge in [-0.05, 0) is 24.3 Å². The van der Waals surface area contributed by atoms with E-state index in [0.29, 0.717) is 0 Å². The number of rotatable bonds is 5. The predicted octanol–water partition coefficient (Wildman–Crippen LogP) is 1.79. The molecule has 0 unspecified atom stereocenters. The van der Waals surface area contributed by atoms with Crippen LogP contribution in [0.2, 0.25) is 0 Å². The van der Waals surface area contributed by atoms with Crippen molar-refractivity contribution in [3.05, 3.63) is 42.5 Å². The third kappa shape index (κ3) is 3.73. The summed E-state index contributed by atoms with van der Waals surface area (Å²) < 4.78 is 1.97. The van der Waals surface area contributed by atoms with E-state index in [1.54, 1.807) is 6.33 Å². The van der Waals surface area contributed by atoms with Crippen molar-refractivity contribution < 1.29 is 0 Å². The van der Waals surface area contributed by atoms with Gasteiger partial charge in [0, 0.05) is 83.3 Å². The zero-order chi connectivity index (χ0) is 18.8. The maximum absolute atomic E-state index is 4.44. The van der Waals surface area contributed by atoms with Crippen LogP contribution in [0.1, 0.15) is 5.69 Å². The fourth-order valence-electron chi connectivity index (χ4n) is 3.73. The fraction of sp³-hybridized carbons (Fsp3) is 0.450. The molecule has 1 aliphatic heterocycles. The van der Waals surface area contributed by atoms with Gasteiger partial charge in [-0.3, -0.25) is 9.58 Å². The molecule has 1 aromatic carbocycles. The quantitative estimate of drug-likeness (QED) is 0.687. The lowest BCUT2D eigenvalue weighted by molar-refractivity contribution is 0.259. The summed E-state index contributed by atoms with van der Waals surface area (Å²) in [5.41, 5.74) is 3.54. The lowest BCUT2D eigenvalue weighted by Gasteiger charge is -2.36. The first-order chi connectivity index (χ1) is 13.1. The molecule has 0 atom stereocenters. The number of nitrogens with zero attached hydrogens (tertiary/aromatic N) is 7. The zero-order valence-electron chi connectivity index (χ0n) is 16.3. The monoisotopic (exact) mass is 365 g/mol. The van der Waals surface area contributed by atoms with Crippen LogP contribution in [-0.4, -0.2) is 71.5 Å². The molecular weight excluding hydrogens is 338 g/mol. The Kier molecular flexibility index (Phi) is 4.94. The first kappa shape index (κ1) is 17.7. The first-order valence-electron chi connectivity index (χ1n) is 9.48. The van der Waals surface area contributed by atoms with Gasteiger partial charge in [0.2, 0.25) is 0 Å². The molecule has 0 N–H and O–H groups in total. The molecule has 0 bridgehead atoms. The summed E-state index contributed by atoms with van der Waals surface area (Å²) in [6, 6.07) is 8.62. The van der Waals surface area contributed by atoms with Gasteiger partial charge in [-0.1, -0.05) is 0 Å². The van der Waals surface area contributed by atoms with E-state index in [1.807, 2.05) is 36.9 Å². The topological polar surface area (TPSA) is 53.3 Å². The molecule has 3 aromatic rings. The molecule has 1 aliphatic rings. The van der Waals surface area contributed by atoms with Gasteiger partial charge in [0.1, 0.15) is 12.1 Å². The van der Waals surface area contributed by atoms with Crippen LogP contribution in [0.15, 0.2) is 36.8 Å². The van der Waals surface area contributed by atoms with E-state index in [1.165, 1.54) is 11.4 Å². The molecular formula is C20H27N7. The van der Waals surface area contributed by atoms with E-state index in [2.05, 4.69) is 49.1 Å². The number of benzene rings is 1. The molecule has 1 fully saturated rings. The Bertz CT molecular complexity index is 910. The first-order valence-corrected chi connectivity index (χ1v) is 9.48. The second-order valence-electron chi connectivity index (χ2n) is 7.32. The lowest BCUT2D eigenvalue weighted by atomic mass is 10.1. The normalized spacial score (nSPS) is 15.4. The van der Waals surface area contributed by atoms with Crippen LogP contribution in [-0.2, 0) is 13.5 Å². The largest absolute Gasteiger partial charge is 0.369 e. The van der Waals surface area contributed by atoms with E-state index in [9.17, 15) is 0 Å². The number of piperazine rings is 1. The Hall–Kier alpha value is -2.67. The summed E-state index contributed by atoms with van der Waals surface area (Å²) in [7, 11) is 6.06. The molecule has 3 heterocycles. The molecule has 7 nitrogen and oxygen atoms in total. The number of fused-ring (bicyclic) bond motifs is 1. The van der Waals surface area contributed by atoms with Crippen molar-refractivity contribution in [1.29, 1.82) is 0 Å². The van der Waals surface area contributed by atoms with Crippen molar-refractivity contribution in [2.75, 3.05) is 56.6 Å². The Morgan fingerprint density at radius 3 is 2.56 bits per heavy atom. The van der Waals surface area contributed by atoms with Crippen molar-refractivity contribution in [3.63, 3.8) is 0 Å². The lowest BCUT2D eigenvalue weighted by Crippen LogP contribution is -2.47. The summed E-state index contributed by atoms with van der Waals surface area (Å²) in [5.74, 6) is 0.969. The molecule has 0 aliphatic carbocycles. The minimum Gasteiger partial charge on any atom is -0.369 e. The van der Waals surface area contributed by atoms with Crippen LogP contribution in [0.4, 0.5) is 11.5 Å². The van der Waals surface area contributed by atoms with Crippen LogP contribution in [0.5, 0.6) is 0 Å². The van der Waals surface area contributed by atoms with Crippen molar-refractivity contribution in [2.24, 2.45) is 7.05 Å². The average molecular weight is 365 g/mol. The molecule has 0 radical (unpaired) electrons. The van der Waals surface area contributed by atoms with Gasteiger partial charge in [-0.15, -0.1) is 0 Å². The molecule has 1 saturated heterocycles. The summed E-state index contributed by atoms with van der Waals surface area (Å²) in [6.45, 7) is 5.34. The van der Waals surface area contributed by atoms with Gasteiger partial charge in [0.25, 0.3) is 0 Å². The number of hydrogen-bond donors (Lipinski definition) is 0. The molecule has 0 saturated carbocycles. The SMILES string of the molecule is CN(C)c1ncnc2ccc(N3CCN(CCc4ccnn4C)CC3)cc12. The Labute approximate surface area is 160 Å². The molecule has 27 heavy (non-hydrogen) atoms. The van der Waals surface area contributed by atoms with Crippen LogP contribution in [0.25, 0.3) is 10.9 Å². The highest BCUT2D eigenvalue weighted by Crippen LogP contribution is 2.27. The van der Waals surface area contributed by atoms with Crippen molar-refractivity contribution in [2.45, 2.75) is 6.42 Å². The molecule has 0 amide bonds. The minimum atomic E-state index is 0.969. The van der Waals surface area contributed by atoms with Crippen LogP contribution in [0.3, 0.4) is 0 Å². The predicted molar refractivity (Wildman–Crippen MR) is 109 cm³/mol. The van der Waals surface area contributed by atoms with Crippen molar-refractivity contribution in [3.8, 4) is 0 Å². The highest BCUT2D eigenvalue weighted by atomic mass is 15.3. The molecule has 2 aromatic heterocycles. The fourth-order valence-corrected chi connectivity index (χ4v) is 3.73. The van der Waals surface area contributed by atoms with E-state index in [-0.39, 0.29) is 0 Å². The maximum Gasteiger partial charge on any atom is 0.139 e. The number of aryl methyl sites for hydroxylation is 1. The van der Waals surface area contributed by atoms with Gasteiger partial charge in [0.05, 0.1) is 5.52 Å². The minimum absolute atomic E-state index is 0.969. The summed E-state index contributed by atoms with van der Waals surface area (Å²) in [4.78, 5) is 15.9. The molecule has 7 heteroatoms. The van der Waals surface area contributed by atoms with Crippen molar-refractivity contribution >= 4 is 22.4 Å². The number of hydrogen-bond acceptors (Lipinski definition) is 6. The standard InChI is InChI=1S/C20H27N7/c1-24(2)20-18-14-17(4-5-19(18)21-15-22-20)27-12-10-26(11-13-27)9-7-16-6-8-23-25(16)3/h4-6,8,14-15H,7,9-13H2,1-3H3. The second-order valence-corrected chi connectivity index (χ2v) is 7.32. The number of aromatic nitrogens is 4. The number of anilines is 2. The highest BCUT2D eigenvalue weighted by molar-refractivity contribution is 5.91. The Balaban J connectivity index is 1.42. The zero-order valence-corrected chi connectivity index (χ0v) is 16.3. The third-order valence-corrected chi connectivity index (χ3v) is 5.37. The van der Waals surface area contributed by atoms with Crippen molar-refractivity contribution in [1.82, 2.24) is 24.6 Å². The van der Waals surface area contributed by atoms with Gasteiger partial charge >= 0.3 is 0 Å². The Morgan fingerprint density at radius 2 is 1.85 bits per heavy atom. The molecule has 142 valence electrons. The van der Waals surface area contributed by atoms with E-state index in [0.717, 1.165) is 55.9 Å². The third-order valence-electron chi connectivity index (χ3n) is 5.37. The Morgan fingerprint density at radius 1 is 1.04 bits per heavy atom. The average Bonchev–Trinajstić information content (AvgIpc) is 3.10. The van der Waals surface area contributed by atoms with Crippen LogP contribution >= 0.6 is 0 Å². The summed E-state index contributed by atoms with van der Waals surface area (Å²) >= 11 is 0. The highest BCUT2D eigenvalue weighted by Gasteiger charge is 2.18. The maximum atomic E-state index is 4.44. The molecule has 4 rings (SSSR count). The van der Waals surface area contributed by atoms with Gasteiger partial charge in [-0.25, -0.2) is 9.97 Å². The summed E-state index contributed by atoms with van der Waals surface area (Å²) in [6.07, 6.45) is 4.56. The van der Waals surface area contributed by atoms with Gasteiger partial charge in [0.15, 0.2) is 0 Å². The van der Waals surface area contributed by atoms with E-state index >= 15 is 0 Å². The van der Waals surface area contributed by atoms with E-state index < -0.39 is 0 Å². The van der Waals surface area contributed by atoms with Crippen LogP contribution < -0.4 is 9.80 Å².